The maximum atomic E-state index is 13.2. The summed E-state index contributed by atoms with van der Waals surface area (Å²) in [5, 5.41) is 1.04. The Morgan fingerprint density at radius 2 is 2.05 bits per heavy atom. The van der Waals surface area contributed by atoms with Gasteiger partial charge in [-0.25, -0.2) is 4.39 Å². The molecule has 0 amide bonds. The van der Waals surface area contributed by atoms with Gasteiger partial charge in [-0.15, -0.1) is 11.3 Å². The molecule has 0 aliphatic carbocycles. The zero-order valence-corrected chi connectivity index (χ0v) is 12.5. The van der Waals surface area contributed by atoms with E-state index in [9.17, 15) is 4.39 Å². The fraction of sp³-hybridized carbons (Fsp3) is 0.176. The predicted molar refractivity (Wildman–Crippen MR) is 85.4 cm³/mol. The highest BCUT2D eigenvalue weighted by Crippen LogP contribution is 2.31. The molecule has 0 radical (unpaired) electrons. The van der Waals surface area contributed by atoms with Crippen LogP contribution in [-0.2, 0) is 6.42 Å². The van der Waals surface area contributed by atoms with E-state index in [1.807, 2.05) is 30.3 Å². The monoisotopic (exact) mass is 301 g/mol. The minimum absolute atomic E-state index is 0.0995. The van der Waals surface area contributed by atoms with Crippen molar-refractivity contribution in [2.45, 2.75) is 12.5 Å². The molecule has 0 saturated carbocycles. The van der Waals surface area contributed by atoms with Gasteiger partial charge in [0.2, 0.25) is 0 Å². The molecule has 2 nitrogen and oxygen atoms in total. The zero-order chi connectivity index (χ0) is 14.8. The first kappa shape index (κ1) is 14.0. The van der Waals surface area contributed by atoms with E-state index in [0.717, 1.165) is 32.7 Å². The number of hydrogen-bond donors (Lipinski definition) is 1. The van der Waals surface area contributed by atoms with Crippen LogP contribution in [0.5, 0.6) is 5.75 Å². The number of ether oxygens (including phenoxy) is 1. The average Bonchev–Trinajstić information content (AvgIpc) is 2.90. The van der Waals surface area contributed by atoms with Crippen molar-refractivity contribution < 1.29 is 9.13 Å². The normalized spacial score (nSPS) is 12.5. The number of rotatable bonds is 4. The highest BCUT2D eigenvalue weighted by atomic mass is 32.1. The van der Waals surface area contributed by atoms with Crippen molar-refractivity contribution in [1.29, 1.82) is 0 Å². The first-order valence-corrected chi connectivity index (χ1v) is 7.55. The number of hydrogen-bond acceptors (Lipinski definition) is 3. The van der Waals surface area contributed by atoms with Crippen LogP contribution in [0.15, 0.2) is 48.5 Å². The molecule has 0 bridgehead atoms. The molecular formula is C17H16FNOS. The fourth-order valence-electron chi connectivity index (χ4n) is 2.36. The van der Waals surface area contributed by atoms with Crippen LogP contribution in [-0.4, -0.2) is 7.11 Å². The summed E-state index contributed by atoms with van der Waals surface area (Å²) < 4.78 is 19.4. The average molecular weight is 301 g/mol. The van der Waals surface area contributed by atoms with Crippen molar-refractivity contribution in [1.82, 2.24) is 0 Å². The van der Waals surface area contributed by atoms with E-state index in [1.165, 1.54) is 6.07 Å². The van der Waals surface area contributed by atoms with E-state index in [1.54, 1.807) is 30.6 Å². The van der Waals surface area contributed by atoms with Gasteiger partial charge in [0.05, 0.1) is 7.11 Å². The molecule has 0 saturated heterocycles. The summed E-state index contributed by atoms with van der Waals surface area (Å²) in [4.78, 5) is 1.07. The summed E-state index contributed by atoms with van der Waals surface area (Å²) in [5.41, 5.74) is 7.43. The lowest BCUT2D eigenvalue weighted by atomic mass is 10.0. The van der Waals surface area contributed by atoms with Gasteiger partial charge in [-0.2, -0.15) is 0 Å². The van der Waals surface area contributed by atoms with Gasteiger partial charge in [0.15, 0.2) is 0 Å². The van der Waals surface area contributed by atoms with E-state index >= 15 is 0 Å². The molecule has 21 heavy (non-hydrogen) atoms. The van der Waals surface area contributed by atoms with Crippen LogP contribution in [0.4, 0.5) is 4.39 Å². The Hall–Kier alpha value is -1.91. The maximum absolute atomic E-state index is 13.2. The van der Waals surface area contributed by atoms with Crippen molar-refractivity contribution >= 4 is 21.4 Å². The third-order valence-corrected chi connectivity index (χ3v) is 4.69. The molecule has 0 fully saturated rings. The quantitative estimate of drug-likeness (QED) is 0.780. The first-order valence-electron chi connectivity index (χ1n) is 6.73. The molecule has 0 aliphatic heterocycles. The standard InChI is InChI=1S/C17H16FNOS/c1-20-14-4-2-3-11(7-14)8-15(19)17-9-12-5-6-13(18)10-16(12)21-17/h2-7,9-10,15H,8,19H2,1H3. The second-order valence-corrected chi connectivity index (χ2v) is 6.11. The fourth-order valence-corrected chi connectivity index (χ4v) is 3.45. The van der Waals surface area contributed by atoms with E-state index in [2.05, 4.69) is 0 Å². The predicted octanol–water partition coefficient (Wildman–Crippen LogP) is 4.29. The van der Waals surface area contributed by atoms with Crippen LogP contribution < -0.4 is 10.5 Å². The number of fused-ring (bicyclic) bond motifs is 1. The Kier molecular flexibility index (Phi) is 3.90. The van der Waals surface area contributed by atoms with E-state index < -0.39 is 0 Å². The number of benzene rings is 2. The van der Waals surface area contributed by atoms with Crippen molar-refractivity contribution in [3.05, 3.63) is 64.8 Å². The summed E-state index contributed by atoms with van der Waals surface area (Å²) in [6.07, 6.45) is 0.729. The molecular weight excluding hydrogens is 285 g/mol. The van der Waals surface area contributed by atoms with Gasteiger partial charge in [-0.05, 0) is 47.7 Å². The molecule has 1 heterocycles. The van der Waals surface area contributed by atoms with Gasteiger partial charge in [0.1, 0.15) is 11.6 Å². The van der Waals surface area contributed by atoms with Gasteiger partial charge >= 0.3 is 0 Å². The lowest BCUT2D eigenvalue weighted by Gasteiger charge is -2.10. The van der Waals surface area contributed by atoms with Gasteiger partial charge < -0.3 is 10.5 Å². The summed E-state index contributed by atoms with van der Waals surface area (Å²) in [5.74, 6) is 0.621. The lowest BCUT2D eigenvalue weighted by Crippen LogP contribution is -2.11. The minimum atomic E-state index is -0.211. The Labute approximate surface area is 127 Å². The molecule has 1 unspecified atom stereocenters. The minimum Gasteiger partial charge on any atom is -0.497 e. The summed E-state index contributed by atoms with van der Waals surface area (Å²) in [6, 6.07) is 14.7. The van der Waals surface area contributed by atoms with Gasteiger partial charge in [0.25, 0.3) is 0 Å². The first-order chi connectivity index (χ1) is 10.2. The van der Waals surface area contributed by atoms with Crippen molar-refractivity contribution in [3.8, 4) is 5.75 Å². The van der Waals surface area contributed by atoms with Crippen molar-refractivity contribution in [2.75, 3.05) is 7.11 Å². The Morgan fingerprint density at radius 3 is 2.86 bits per heavy atom. The van der Waals surface area contributed by atoms with Gasteiger partial charge in [-0.3, -0.25) is 0 Å². The smallest absolute Gasteiger partial charge is 0.124 e. The zero-order valence-electron chi connectivity index (χ0n) is 11.7. The molecule has 0 aliphatic rings. The Morgan fingerprint density at radius 1 is 1.19 bits per heavy atom. The van der Waals surface area contributed by atoms with Crippen LogP contribution in [0.1, 0.15) is 16.5 Å². The van der Waals surface area contributed by atoms with Gasteiger partial charge in [0, 0.05) is 15.6 Å². The molecule has 4 heteroatoms. The third-order valence-electron chi connectivity index (χ3n) is 3.46. The number of halogens is 1. The Bertz CT molecular complexity index is 768. The highest BCUT2D eigenvalue weighted by Gasteiger charge is 2.12. The van der Waals surface area contributed by atoms with E-state index in [-0.39, 0.29) is 11.9 Å². The molecule has 1 aromatic heterocycles. The highest BCUT2D eigenvalue weighted by molar-refractivity contribution is 7.19. The summed E-state index contributed by atoms with van der Waals surface area (Å²) in [6.45, 7) is 0. The molecule has 3 aromatic rings. The Balaban J connectivity index is 1.84. The molecule has 3 rings (SSSR count). The number of methoxy groups -OCH3 is 1. The SMILES string of the molecule is COc1cccc(CC(N)c2cc3ccc(F)cc3s2)c1. The summed E-state index contributed by atoms with van der Waals surface area (Å²) in [7, 11) is 1.65. The van der Waals surface area contributed by atoms with Crippen LogP contribution in [0.3, 0.4) is 0 Å². The topological polar surface area (TPSA) is 35.2 Å². The van der Waals surface area contributed by atoms with Crippen LogP contribution in [0, 0.1) is 5.82 Å². The van der Waals surface area contributed by atoms with Crippen molar-refractivity contribution in [2.24, 2.45) is 5.73 Å². The largest absolute Gasteiger partial charge is 0.497 e. The maximum Gasteiger partial charge on any atom is 0.124 e. The van der Waals surface area contributed by atoms with E-state index in [0.29, 0.717) is 0 Å². The van der Waals surface area contributed by atoms with Crippen molar-refractivity contribution in [3.63, 3.8) is 0 Å². The van der Waals surface area contributed by atoms with E-state index in [4.69, 9.17) is 10.5 Å². The molecule has 0 spiro atoms. The molecule has 108 valence electrons. The number of thiophene rings is 1. The molecule has 2 aromatic carbocycles. The second-order valence-electron chi connectivity index (χ2n) is 4.99. The lowest BCUT2D eigenvalue weighted by molar-refractivity contribution is 0.414. The number of nitrogens with two attached hydrogens (primary N) is 1. The van der Waals surface area contributed by atoms with Crippen LogP contribution >= 0.6 is 11.3 Å². The molecule has 2 N–H and O–H groups in total. The van der Waals surface area contributed by atoms with Crippen LogP contribution in [0.25, 0.3) is 10.1 Å². The second kappa shape index (κ2) is 5.84. The van der Waals surface area contributed by atoms with Gasteiger partial charge in [-0.1, -0.05) is 18.2 Å². The molecule has 1 atom stereocenters. The third kappa shape index (κ3) is 3.06. The summed E-state index contributed by atoms with van der Waals surface area (Å²) >= 11 is 1.55. The van der Waals surface area contributed by atoms with Crippen LogP contribution in [0.2, 0.25) is 0 Å².